The van der Waals surface area contributed by atoms with E-state index in [1.165, 1.54) is 0 Å². The van der Waals surface area contributed by atoms with Gasteiger partial charge in [0.15, 0.2) is 15.5 Å². The summed E-state index contributed by atoms with van der Waals surface area (Å²) in [5.41, 5.74) is 1.69. The van der Waals surface area contributed by atoms with Crippen molar-refractivity contribution in [2.75, 3.05) is 5.75 Å². The summed E-state index contributed by atoms with van der Waals surface area (Å²) in [5.74, 6) is 1.16. The van der Waals surface area contributed by atoms with Gasteiger partial charge in [-0.3, -0.25) is 0 Å². The van der Waals surface area contributed by atoms with Crippen molar-refractivity contribution in [3.63, 3.8) is 0 Å². The number of sulfone groups is 1. The lowest BCUT2D eigenvalue weighted by molar-refractivity contribution is 0.582. The van der Waals surface area contributed by atoms with Crippen LogP contribution in [0.1, 0.15) is 25.6 Å². The highest BCUT2D eigenvalue weighted by Gasteiger charge is 2.32. The molecule has 1 saturated heterocycles. The topological polar surface area (TPSA) is 64.8 Å². The van der Waals surface area contributed by atoms with Crippen LogP contribution in [-0.2, 0) is 22.8 Å². The minimum atomic E-state index is -2.92. The van der Waals surface area contributed by atoms with Gasteiger partial charge in [0, 0.05) is 19.2 Å². The summed E-state index contributed by atoms with van der Waals surface area (Å²) in [6.07, 6.45) is 3.78. The molecule has 1 aliphatic heterocycles. The fourth-order valence-corrected chi connectivity index (χ4v) is 4.62. The monoisotopic (exact) mass is 279 g/mol. The molecule has 0 radical (unpaired) electrons. The van der Waals surface area contributed by atoms with E-state index in [0.29, 0.717) is 12.2 Å². The average molecular weight is 279 g/mol. The van der Waals surface area contributed by atoms with Crippen LogP contribution in [0.5, 0.6) is 0 Å². The average Bonchev–Trinajstić information content (AvgIpc) is 2.90. The number of fused-ring (bicyclic) bond motifs is 1. The minimum absolute atomic E-state index is 0.269. The molecule has 0 saturated carbocycles. The van der Waals surface area contributed by atoms with Crippen molar-refractivity contribution >= 4 is 21.0 Å². The molecule has 0 spiro atoms. The van der Waals surface area contributed by atoms with E-state index in [1.54, 1.807) is 6.20 Å². The third-order valence-corrected chi connectivity index (χ3v) is 6.05. The Morgan fingerprint density at radius 3 is 3.00 bits per heavy atom. The second kappa shape index (κ2) is 4.59. The Hall–Kier alpha value is -1.43. The molecule has 1 fully saturated rings. The predicted molar refractivity (Wildman–Crippen MR) is 73.7 cm³/mol. The zero-order chi connectivity index (χ0) is 13.5. The molecule has 3 heterocycles. The van der Waals surface area contributed by atoms with Gasteiger partial charge in [-0.15, -0.1) is 0 Å². The number of imidazole rings is 1. The Labute approximate surface area is 112 Å². The van der Waals surface area contributed by atoms with Gasteiger partial charge < -0.3 is 4.57 Å². The summed E-state index contributed by atoms with van der Waals surface area (Å²) in [7, 11) is -2.92. The summed E-state index contributed by atoms with van der Waals surface area (Å²) in [5, 5.41) is -0.269. The van der Waals surface area contributed by atoms with Gasteiger partial charge in [-0.05, 0) is 31.9 Å². The highest BCUT2D eigenvalue weighted by molar-refractivity contribution is 7.92. The van der Waals surface area contributed by atoms with Crippen LogP contribution in [0.15, 0.2) is 18.3 Å². The molecule has 1 unspecified atom stereocenters. The Kier molecular flexibility index (Phi) is 3.05. The quantitative estimate of drug-likeness (QED) is 0.855. The van der Waals surface area contributed by atoms with E-state index in [0.717, 1.165) is 36.4 Å². The molecule has 6 heteroatoms. The standard InChI is InChI=1S/C13H17N3O2S/c1-2-16-12(9-10-5-4-8-19(10,17)18)15-11-6-3-7-14-13(11)16/h3,6-7,10H,2,4-5,8-9H2,1H3. The molecule has 5 nitrogen and oxygen atoms in total. The molecular formula is C13H17N3O2S. The lowest BCUT2D eigenvalue weighted by Gasteiger charge is -2.10. The van der Waals surface area contributed by atoms with E-state index < -0.39 is 9.84 Å². The zero-order valence-corrected chi connectivity index (χ0v) is 11.7. The molecule has 1 aliphatic rings. The highest BCUT2D eigenvalue weighted by Crippen LogP contribution is 2.24. The van der Waals surface area contributed by atoms with E-state index in [4.69, 9.17) is 0 Å². The molecule has 2 aromatic heterocycles. The van der Waals surface area contributed by atoms with E-state index >= 15 is 0 Å². The smallest absolute Gasteiger partial charge is 0.159 e. The van der Waals surface area contributed by atoms with Gasteiger partial charge >= 0.3 is 0 Å². The normalized spacial score (nSPS) is 22.1. The number of hydrogen-bond donors (Lipinski definition) is 0. The molecule has 0 N–H and O–H groups in total. The maximum atomic E-state index is 11.9. The third-order valence-electron chi connectivity index (χ3n) is 3.77. The number of hydrogen-bond acceptors (Lipinski definition) is 4. The predicted octanol–water partition coefficient (Wildman–Crippen LogP) is 1.57. The summed E-state index contributed by atoms with van der Waals surface area (Å²) in [4.78, 5) is 8.88. The van der Waals surface area contributed by atoms with Crippen LogP contribution in [0.25, 0.3) is 11.2 Å². The first-order valence-electron chi connectivity index (χ1n) is 6.63. The minimum Gasteiger partial charge on any atom is -0.313 e. The van der Waals surface area contributed by atoms with Crippen molar-refractivity contribution in [2.45, 2.75) is 38.0 Å². The van der Waals surface area contributed by atoms with Crippen molar-refractivity contribution < 1.29 is 8.42 Å². The van der Waals surface area contributed by atoms with Gasteiger partial charge in [0.1, 0.15) is 11.3 Å². The third kappa shape index (κ3) is 2.14. The van der Waals surface area contributed by atoms with Crippen molar-refractivity contribution in [3.8, 4) is 0 Å². The Bertz CT molecular complexity index is 706. The fraction of sp³-hybridized carbons (Fsp3) is 0.538. The molecule has 0 aliphatic carbocycles. The largest absolute Gasteiger partial charge is 0.313 e. The molecule has 19 heavy (non-hydrogen) atoms. The second-order valence-electron chi connectivity index (χ2n) is 4.95. The highest BCUT2D eigenvalue weighted by atomic mass is 32.2. The number of aromatic nitrogens is 3. The van der Waals surface area contributed by atoms with Crippen molar-refractivity contribution in [1.29, 1.82) is 0 Å². The second-order valence-corrected chi connectivity index (χ2v) is 7.35. The number of pyridine rings is 1. The van der Waals surface area contributed by atoms with Crippen molar-refractivity contribution in [2.24, 2.45) is 0 Å². The lowest BCUT2D eigenvalue weighted by atomic mass is 10.2. The maximum absolute atomic E-state index is 11.9. The van der Waals surface area contributed by atoms with Gasteiger partial charge in [0.2, 0.25) is 0 Å². The molecule has 2 aromatic rings. The van der Waals surface area contributed by atoms with Gasteiger partial charge in [-0.2, -0.15) is 0 Å². The summed E-state index contributed by atoms with van der Waals surface area (Å²) >= 11 is 0. The molecule has 1 atom stereocenters. The van der Waals surface area contributed by atoms with Gasteiger partial charge in [0.25, 0.3) is 0 Å². The summed E-state index contributed by atoms with van der Waals surface area (Å²) < 4.78 is 25.9. The summed E-state index contributed by atoms with van der Waals surface area (Å²) in [6.45, 7) is 2.79. The Balaban J connectivity index is 2.01. The van der Waals surface area contributed by atoms with Crippen LogP contribution in [0.3, 0.4) is 0 Å². The van der Waals surface area contributed by atoms with Gasteiger partial charge in [-0.25, -0.2) is 18.4 Å². The number of aryl methyl sites for hydroxylation is 1. The van der Waals surface area contributed by atoms with Crippen LogP contribution in [0, 0.1) is 0 Å². The van der Waals surface area contributed by atoms with E-state index in [9.17, 15) is 8.42 Å². The van der Waals surface area contributed by atoms with E-state index in [2.05, 4.69) is 9.97 Å². The van der Waals surface area contributed by atoms with Gasteiger partial charge in [0.05, 0.1) is 11.0 Å². The lowest BCUT2D eigenvalue weighted by Crippen LogP contribution is -2.20. The molecule has 0 amide bonds. The number of rotatable bonds is 3. The van der Waals surface area contributed by atoms with Crippen LogP contribution in [0.2, 0.25) is 0 Å². The maximum Gasteiger partial charge on any atom is 0.159 e. The Morgan fingerprint density at radius 2 is 2.32 bits per heavy atom. The first-order chi connectivity index (χ1) is 9.12. The first kappa shape index (κ1) is 12.6. The van der Waals surface area contributed by atoms with Crippen LogP contribution < -0.4 is 0 Å². The number of nitrogens with zero attached hydrogens (tertiary/aromatic N) is 3. The van der Waals surface area contributed by atoms with Crippen molar-refractivity contribution in [1.82, 2.24) is 14.5 Å². The molecule has 0 bridgehead atoms. The molecule has 0 aromatic carbocycles. The summed E-state index contributed by atoms with van der Waals surface area (Å²) in [6, 6.07) is 3.77. The van der Waals surface area contributed by atoms with E-state index in [1.807, 2.05) is 23.6 Å². The molecular weight excluding hydrogens is 262 g/mol. The Morgan fingerprint density at radius 1 is 1.47 bits per heavy atom. The van der Waals surface area contributed by atoms with Crippen LogP contribution in [-0.4, -0.2) is 34.0 Å². The zero-order valence-electron chi connectivity index (χ0n) is 10.9. The SMILES string of the molecule is CCn1c(CC2CCCS2(=O)=O)nc2cccnc21. The van der Waals surface area contributed by atoms with Crippen molar-refractivity contribution in [3.05, 3.63) is 24.2 Å². The van der Waals surface area contributed by atoms with Gasteiger partial charge in [-0.1, -0.05) is 0 Å². The first-order valence-corrected chi connectivity index (χ1v) is 8.35. The van der Waals surface area contributed by atoms with E-state index in [-0.39, 0.29) is 5.25 Å². The fourth-order valence-electron chi connectivity index (χ4n) is 2.78. The van der Waals surface area contributed by atoms with Crippen LogP contribution >= 0.6 is 0 Å². The molecule has 3 rings (SSSR count). The molecule has 102 valence electrons. The van der Waals surface area contributed by atoms with Crippen LogP contribution in [0.4, 0.5) is 0 Å².